The number of hydroxylamine groups is 2. The lowest BCUT2D eigenvalue weighted by atomic mass is 9.75. The molecule has 0 radical (unpaired) electrons. The third-order valence-electron chi connectivity index (χ3n) is 4.37. The van der Waals surface area contributed by atoms with Gasteiger partial charge >= 0.3 is 12.0 Å². The third kappa shape index (κ3) is 4.22. The fourth-order valence-corrected chi connectivity index (χ4v) is 3.16. The highest BCUT2D eigenvalue weighted by molar-refractivity contribution is 9.10. The van der Waals surface area contributed by atoms with Crippen LogP contribution in [0.3, 0.4) is 0 Å². The van der Waals surface area contributed by atoms with Crippen LogP contribution < -0.4 is 9.96 Å². The number of carbonyl (C=O) groups is 2. The largest absolute Gasteiger partial charge is 0.620 e. The first-order valence-electron chi connectivity index (χ1n) is 8.44. The van der Waals surface area contributed by atoms with Gasteiger partial charge in [0.25, 0.3) is 0 Å². The molecule has 1 fully saturated rings. The summed E-state index contributed by atoms with van der Waals surface area (Å²) < 4.78 is 4.99. The van der Waals surface area contributed by atoms with Crippen molar-refractivity contribution in [3.8, 4) is 0 Å². The lowest BCUT2D eigenvalue weighted by Crippen LogP contribution is -2.69. The molecule has 2 amide bonds. The van der Waals surface area contributed by atoms with E-state index in [0.717, 1.165) is 10.9 Å². The van der Waals surface area contributed by atoms with Gasteiger partial charge in [0.15, 0.2) is 5.54 Å². The average Bonchev–Trinajstić information content (AvgIpc) is 2.48. The minimum Gasteiger partial charge on any atom is -0.620 e. The molecule has 6 nitrogen and oxygen atoms in total. The lowest BCUT2D eigenvalue weighted by molar-refractivity contribution is -0.138. The van der Waals surface area contributed by atoms with E-state index in [1.165, 1.54) is 0 Å². The number of nitrogens with zero attached hydrogens (tertiary/aromatic N) is 1. The molecule has 0 heterocycles. The summed E-state index contributed by atoms with van der Waals surface area (Å²) in [6.45, 7) is 6.99. The van der Waals surface area contributed by atoms with Gasteiger partial charge in [-0.05, 0) is 59.1 Å². The average molecular weight is 413 g/mol. The van der Waals surface area contributed by atoms with Crippen molar-refractivity contribution < 1.29 is 14.3 Å². The maximum Gasteiger partial charge on any atom is 0.408 e. The highest BCUT2D eigenvalue weighted by Gasteiger charge is 2.54. The molecule has 7 heteroatoms. The van der Waals surface area contributed by atoms with Gasteiger partial charge in [-0.1, -0.05) is 15.9 Å². The number of carbonyl (C=O) groups excluding carboxylic acids is 2. The summed E-state index contributed by atoms with van der Waals surface area (Å²) in [5.41, 5.74) is -1.47. The first-order chi connectivity index (χ1) is 11.5. The number of nitrogens with one attached hydrogen (secondary N) is 1. The second-order valence-corrected chi connectivity index (χ2v) is 8.32. The molecule has 1 aliphatic rings. The molecule has 1 aromatic carbocycles. The van der Waals surface area contributed by atoms with Crippen LogP contribution in [0.15, 0.2) is 28.7 Å². The van der Waals surface area contributed by atoms with Crippen LogP contribution in [0.5, 0.6) is 0 Å². The van der Waals surface area contributed by atoms with Crippen molar-refractivity contribution in [2.45, 2.75) is 58.1 Å². The van der Waals surface area contributed by atoms with Gasteiger partial charge in [0.2, 0.25) is 0 Å². The number of benzene rings is 1. The molecular formula is C18H25BrN2O4. The molecule has 0 bridgehead atoms. The molecular weight excluding hydrogens is 388 g/mol. The van der Waals surface area contributed by atoms with Gasteiger partial charge in [0.05, 0.1) is 6.54 Å². The number of rotatable bonds is 4. The Morgan fingerprint density at radius 1 is 1.28 bits per heavy atom. The van der Waals surface area contributed by atoms with E-state index in [9.17, 15) is 14.8 Å². The Hall–Kier alpha value is -1.44. The first kappa shape index (κ1) is 19.9. The molecule has 1 atom stereocenters. The Kier molecular flexibility index (Phi) is 5.61. The Labute approximate surface area is 156 Å². The van der Waals surface area contributed by atoms with Crippen molar-refractivity contribution >= 4 is 33.6 Å². The monoisotopic (exact) mass is 412 g/mol. The van der Waals surface area contributed by atoms with Crippen LogP contribution in [0, 0.1) is 5.21 Å². The minimum absolute atomic E-state index is 0.0538. The van der Waals surface area contributed by atoms with Gasteiger partial charge in [-0.15, -0.1) is 0 Å². The van der Waals surface area contributed by atoms with E-state index >= 15 is 0 Å². The van der Waals surface area contributed by atoms with Gasteiger partial charge in [-0.2, -0.15) is 0 Å². The molecule has 0 saturated heterocycles. The van der Waals surface area contributed by atoms with Gasteiger partial charge in [-0.25, -0.2) is 9.59 Å². The topological polar surface area (TPSA) is 78.5 Å². The van der Waals surface area contributed by atoms with Crippen LogP contribution in [0.25, 0.3) is 0 Å². The van der Waals surface area contributed by atoms with Crippen molar-refractivity contribution in [3.63, 3.8) is 0 Å². The standard InChI is InChI=1S/C18H25BrN2O4/c1-5-21(24,14-9-7-13(19)8-10-14)15(22)18(11-6-12-18)20-16(23)25-17(2,3)4/h7-10H,5-6,11-12H2,1-4H3,(H,20,23). The fraction of sp³-hybridized carbons (Fsp3) is 0.556. The van der Waals surface area contributed by atoms with E-state index in [0.29, 0.717) is 18.5 Å². The normalized spacial score (nSPS) is 18.6. The molecule has 0 spiro atoms. The predicted octanol–water partition coefficient (Wildman–Crippen LogP) is 4.25. The van der Waals surface area contributed by atoms with Crippen LogP contribution in [-0.4, -0.2) is 29.7 Å². The molecule has 2 rings (SSSR count). The van der Waals surface area contributed by atoms with Crippen LogP contribution in [0.4, 0.5) is 10.5 Å². The first-order valence-corrected chi connectivity index (χ1v) is 9.23. The molecule has 0 aromatic heterocycles. The van der Waals surface area contributed by atoms with Crippen LogP contribution in [-0.2, 0) is 9.53 Å². The van der Waals surface area contributed by atoms with E-state index in [2.05, 4.69) is 21.2 Å². The SMILES string of the molecule is CC[N+]([O-])(C(=O)C1(NC(=O)OC(C)(C)C)CCC1)c1ccc(Br)cc1. The zero-order chi connectivity index (χ0) is 18.9. The lowest BCUT2D eigenvalue weighted by Gasteiger charge is -2.48. The summed E-state index contributed by atoms with van der Waals surface area (Å²) in [6.07, 6.45) is 1.01. The quantitative estimate of drug-likeness (QED) is 0.591. The van der Waals surface area contributed by atoms with Gasteiger partial charge in [-0.3, -0.25) is 4.65 Å². The number of likely N-dealkylation sites (N-methyl/N-ethyl adjacent to an activating group) is 1. The summed E-state index contributed by atoms with van der Waals surface area (Å²) in [6, 6.07) is 6.74. The van der Waals surface area contributed by atoms with E-state index in [4.69, 9.17) is 4.74 Å². The Morgan fingerprint density at radius 3 is 2.24 bits per heavy atom. The smallest absolute Gasteiger partial charge is 0.408 e. The van der Waals surface area contributed by atoms with E-state index in [-0.39, 0.29) is 6.54 Å². The maximum absolute atomic E-state index is 13.4. The molecule has 1 aliphatic carbocycles. The fourth-order valence-electron chi connectivity index (χ4n) is 2.89. The van der Waals surface area contributed by atoms with Crippen molar-refractivity contribution in [1.29, 1.82) is 0 Å². The third-order valence-corrected chi connectivity index (χ3v) is 4.90. The summed E-state index contributed by atoms with van der Waals surface area (Å²) in [7, 11) is 0. The minimum atomic E-state index is -1.16. The number of quaternary nitrogens is 1. The Balaban J connectivity index is 2.27. The second-order valence-electron chi connectivity index (χ2n) is 7.40. The molecule has 25 heavy (non-hydrogen) atoms. The highest BCUT2D eigenvalue weighted by Crippen LogP contribution is 2.38. The zero-order valence-electron chi connectivity index (χ0n) is 15.1. The molecule has 0 aliphatic heterocycles. The second kappa shape index (κ2) is 7.05. The summed E-state index contributed by atoms with van der Waals surface area (Å²) >= 11 is 3.33. The predicted molar refractivity (Wildman–Crippen MR) is 101 cm³/mol. The van der Waals surface area contributed by atoms with E-state index in [1.54, 1.807) is 52.0 Å². The summed E-state index contributed by atoms with van der Waals surface area (Å²) in [5.74, 6) is -0.547. The van der Waals surface area contributed by atoms with Crippen LogP contribution in [0.2, 0.25) is 0 Å². The van der Waals surface area contributed by atoms with E-state index in [1.807, 2.05) is 0 Å². The van der Waals surface area contributed by atoms with E-state index < -0.39 is 27.8 Å². The number of ether oxygens (including phenoxy) is 1. The zero-order valence-corrected chi connectivity index (χ0v) is 16.7. The maximum atomic E-state index is 13.4. The molecule has 1 N–H and O–H groups in total. The highest BCUT2D eigenvalue weighted by atomic mass is 79.9. The number of amides is 2. The summed E-state index contributed by atoms with van der Waals surface area (Å²) in [5, 5.41) is 16.0. The Bertz CT molecular complexity index is 650. The number of hydrogen-bond donors (Lipinski definition) is 1. The van der Waals surface area contributed by atoms with Gasteiger partial charge in [0.1, 0.15) is 11.3 Å². The number of halogens is 1. The molecule has 138 valence electrons. The van der Waals surface area contributed by atoms with Crippen LogP contribution >= 0.6 is 15.9 Å². The van der Waals surface area contributed by atoms with Crippen molar-refractivity contribution in [1.82, 2.24) is 9.96 Å². The Morgan fingerprint density at radius 2 is 1.84 bits per heavy atom. The van der Waals surface area contributed by atoms with Crippen molar-refractivity contribution in [2.75, 3.05) is 6.54 Å². The van der Waals surface area contributed by atoms with Gasteiger partial charge in [0, 0.05) is 16.6 Å². The number of alkyl carbamates (subject to hydrolysis) is 1. The number of hydrogen-bond acceptors (Lipinski definition) is 4. The van der Waals surface area contributed by atoms with Crippen molar-refractivity contribution in [2.24, 2.45) is 0 Å². The van der Waals surface area contributed by atoms with Crippen LogP contribution in [0.1, 0.15) is 47.0 Å². The molecule has 1 unspecified atom stereocenters. The summed E-state index contributed by atoms with van der Waals surface area (Å²) in [4.78, 5) is 25.3. The van der Waals surface area contributed by atoms with Crippen molar-refractivity contribution in [3.05, 3.63) is 33.9 Å². The molecule has 1 aromatic rings. The molecule has 1 saturated carbocycles. The van der Waals surface area contributed by atoms with Gasteiger partial charge < -0.3 is 15.3 Å².